The van der Waals surface area contributed by atoms with Gasteiger partial charge >= 0.3 is 24.8 Å². The second-order valence-corrected chi connectivity index (χ2v) is 2.70. The standard InChI is InChI=1S/C7H13NO3.Li.H/c1-11-4-2-3-8-5-6(8)7(9)10;;/h6H,2-5H2,1H3,(H,9,10);;/q;+1;-1. The number of methoxy groups -OCH3 is 1. The predicted octanol–water partition coefficient (Wildman–Crippen LogP) is -3.09. The first-order valence-electron chi connectivity index (χ1n) is 3.71. The number of carbonyl (C=O) groups is 1. The summed E-state index contributed by atoms with van der Waals surface area (Å²) in [5.74, 6) is -0.706. The van der Waals surface area contributed by atoms with Crippen molar-refractivity contribution in [2.75, 3.05) is 26.8 Å². The summed E-state index contributed by atoms with van der Waals surface area (Å²) < 4.78 is 4.84. The van der Waals surface area contributed by atoms with Crippen LogP contribution in [0.25, 0.3) is 0 Å². The van der Waals surface area contributed by atoms with Crippen molar-refractivity contribution in [3.05, 3.63) is 0 Å². The van der Waals surface area contributed by atoms with E-state index in [2.05, 4.69) is 0 Å². The zero-order valence-electron chi connectivity index (χ0n) is 8.62. The third-order valence-corrected chi connectivity index (χ3v) is 1.79. The molecule has 12 heavy (non-hydrogen) atoms. The van der Waals surface area contributed by atoms with Gasteiger partial charge in [0.05, 0.1) is 0 Å². The fourth-order valence-electron chi connectivity index (χ4n) is 1.07. The van der Waals surface area contributed by atoms with Crippen molar-refractivity contribution in [1.29, 1.82) is 0 Å². The number of hydrogen-bond acceptors (Lipinski definition) is 3. The van der Waals surface area contributed by atoms with Crippen molar-refractivity contribution in [2.45, 2.75) is 12.5 Å². The molecule has 0 amide bonds. The minimum Gasteiger partial charge on any atom is -1.00 e. The zero-order chi connectivity index (χ0) is 8.27. The molecule has 1 saturated heterocycles. The maximum Gasteiger partial charge on any atom is 1.00 e. The van der Waals surface area contributed by atoms with Crippen LogP contribution in [0.3, 0.4) is 0 Å². The van der Waals surface area contributed by atoms with E-state index in [1.165, 1.54) is 0 Å². The predicted molar refractivity (Wildman–Crippen MR) is 40.6 cm³/mol. The molecular formula is C7H14LiNO3. The van der Waals surface area contributed by atoms with E-state index in [0.717, 1.165) is 13.0 Å². The normalized spacial score (nSPS) is 26.1. The monoisotopic (exact) mass is 167 g/mol. The van der Waals surface area contributed by atoms with Gasteiger partial charge in [0.1, 0.15) is 6.04 Å². The smallest absolute Gasteiger partial charge is 1.00 e. The van der Waals surface area contributed by atoms with Gasteiger partial charge in [-0.05, 0) is 6.42 Å². The molecule has 0 aromatic carbocycles. The van der Waals surface area contributed by atoms with Crippen LogP contribution in [-0.2, 0) is 9.53 Å². The van der Waals surface area contributed by atoms with Gasteiger partial charge in [-0.1, -0.05) is 0 Å². The summed E-state index contributed by atoms with van der Waals surface area (Å²) in [4.78, 5) is 12.2. The Labute approximate surface area is 85.5 Å². The third-order valence-electron chi connectivity index (χ3n) is 1.79. The van der Waals surface area contributed by atoms with Crippen LogP contribution < -0.4 is 18.9 Å². The molecule has 0 aromatic rings. The Bertz CT molecular complexity index is 159. The van der Waals surface area contributed by atoms with Gasteiger partial charge < -0.3 is 11.3 Å². The molecule has 1 heterocycles. The molecular weight excluding hydrogens is 153 g/mol. The van der Waals surface area contributed by atoms with E-state index in [1.807, 2.05) is 4.90 Å². The average molecular weight is 167 g/mol. The molecule has 0 bridgehead atoms. The summed E-state index contributed by atoms with van der Waals surface area (Å²) in [6, 6.07) is -0.216. The van der Waals surface area contributed by atoms with E-state index < -0.39 is 5.97 Å². The zero-order valence-corrected chi connectivity index (χ0v) is 7.62. The van der Waals surface area contributed by atoms with Crippen molar-refractivity contribution >= 4 is 5.97 Å². The Morgan fingerprint density at radius 2 is 2.50 bits per heavy atom. The van der Waals surface area contributed by atoms with Crippen molar-refractivity contribution < 1.29 is 34.9 Å². The summed E-state index contributed by atoms with van der Waals surface area (Å²) in [5.41, 5.74) is 0. The molecule has 1 rings (SSSR count). The van der Waals surface area contributed by atoms with Crippen molar-refractivity contribution in [3.8, 4) is 0 Å². The molecule has 5 heteroatoms. The Morgan fingerprint density at radius 3 is 2.92 bits per heavy atom. The van der Waals surface area contributed by atoms with Gasteiger partial charge in [-0.25, -0.2) is 0 Å². The number of ether oxygens (including phenoxy) is 1. The van der Waals surface area contributed by atoms with Crippen LogP contribution in [0.2, 0.25) is 0 Å². The van der Waals surface area contributed by atoms with Crippen LogP contribution in [0, 0.1) is 0 Å². The Hall–Kier alpha value is -0.0126. The van der Waals surface area contributed by atoms with E-state index >= 15 is 0 Å². The molecule has 2 atom stereocenters. The summed E-state index contributed by atoms with van der Waals surface area (Å²) in [6.07, 6.45) is 0.917. The molecule has 1 aliphatic heterocycles. The fraction of sp³-hybridized carbons (Fsp3) is 0.857. The van der Waals surface area contributed by atoms with E-state index in [4.69, 9.17) is 9.84 Å². The van der Waals surface area contributed by atoms with Gasteiger partial charge in [0, 0.05) is 26.8 Å². The Balaban J connectivity index is 0. The van der Waals surface area contributed by atoms with Crippen LogP contribution in [-0.4, -0.2) is 48.8 Å². The number of nitrogens with zero attached hydrogens (tertiary/aromatic N) is 1. The molecule has 2 unspecified atom stereocenters. The van der Waals surface area contributed by atoms with Crippen LogP contribution >= 0.6 is 0 Å². The molecule has 1 aliphatic rings. The van der Waals surface area contributed by atoms with Crippen molar-refractivity contribution in [2.24, 2.45) is 0 Å². The first-order chi connectivity index (χ1) is 5.25. The second kappa shape index (κ2) is 5.60. The fourth-order valence-corrected chi connectivity index (χ4v) is 1.07. The van der Waals surface area contributed by atoms with Crippen LogP contribution in [0.5, 0.6) is 0 Å². The molecule has 0 aliphatic carbocycles. The quantitative estimate of drug-likeness (QED) is 0.268. The van der Waals surface area contributed by atoms with E-state index in [-0.39, 0.29) is 26.3 Å². The van der Waals surface area contributed by atoms with Gasteiger partial charge in [0.15, 0.2) is 0 Å². The minimum atomic E-state index is -0.706. The summed E-state index contributed by atoms with van der Waals surface area (Å²) in [6.45, 7) is 2.26. The largest absolute Gasteiger partial charge is 1.00 e. The molecule has 0 spiro atoms. The third kappa shape index (κ3) is 3.59. The minimum absolute atomic E-state index is 0. The molecule has 1 N–H and O–H groups in total. The van der Waals surface area contributed by atoms with Crippen molar-refractivity contribution in [3.63, 3.8) is 0 Å². The maximum absolute atomic E-state index is 10.3. The number of rotatable bonds is 5. The summed E-state index contributed by atoms with van der Waals surface area (Å²) in [5, 5.41) is 8.51. The van der Waals surface area contributed by atoms with Crippen LogP contribution in [0.4, 0.5) is 0 Å². The number of aliphatic carboxylic acids is 1. The SMILES string of the molecule is COCCCN1CC1C(=O)O.[H-].[Li+]. The second-order valence-electron chi connectivity index (χ2n) is 2.70. The number of carboxylic acid groups (broad SMARTS) is 1. The Kier molecular flexibility index (Phi) is 5.60. The van der Waals surface area contributed by atoms with Crippen LogP contribution in [0.1, 0.15) is 7.85 Å². The van der Waals surface area contributed by atoms with Gasteiger partial charge in [-0.2, -0.15) is 0 Å². The average Bonchev–Trinajstić information content (AvgIpc) is 2.68. The maximum atomic E-state index is 10.3. The van der Waals surface area contributed by atoms with E-state index in [1.54, 1.807) is 7.11 Å². The molecule has 1 fully saturated rings. The summed E-state index contributed by atoms with van der Waals surface area (Å²) in [7, 11) is 1.65. The van der Waals surface area contributed by atoms with Gasteiger partial charge in [-0.3, -0.25) is 9.69 Å². The van der Waals surface area contributed by atoms with Gasteiger partial charge in [0.2, 0.25) is 0 Å². The van der Waals surface area contributed by atoms with E-state index in [0.29, 0.717) is 13.2 Å². The molecule has 0 aromatic heterocycles. The molecule has 4 nitrogen and oxygen atoms in total. The topological polar surface area (TPSA) is 49.5 Å². The first kappa shape index (κ1) is 12.0. The number of hydrogen-bond donors (Lipinski definition) is 1. The van der Waals surface area contributed by atoms with Gasteiger partial charge in [0.25, 0.3) is 0 Å². The van der Waals surface area contributed by atoms with Crippen LogP contribution in [0.15, 0.2) is 0 Å². The first-order valence-corrected chi connectivity index (χ1v) is 3.71. The summed E-state index contributed by atoms with van der Waals surface area (Å²) >= 11 is 0. The Morgan fingerprint density at radius 1 is 1.83 bits per heavy atom. The number of carboxylic acids is 1. The molecule has 0 saturated carbocycles. The van der Waals surface area contributed by atoms with Crippen molar-refractivity contribution in [1.82, 2.24) is 4.90 Å². The van der Waals surface area contributed by atoms with Gasteiger partial charge in [-0.15, -0.1) is 0 Å². The molecule has 0 radical (unpaired) electrons. The van der Waals surface area contributed by atoms with E-state index in [9.17, 15) is 4.79 Å². The molecule has 66 valence electrons.